The van der Waals surface area contributed by atoms with E-state index >= 15 is 0 Å². The van der Waals surface area contributed by atoms with Crippen LogP contribution in [0, 0.1) is 5.41 Å². The summed E-state index contributed by atoms with van der Waals surface area (Å²) in [6.07, 6.45) is 2.44. The van der Waals surface area contributed by atoms with Gasteiger partial charge in [-0.2, -0.15) is 0 Å². The number of likely N-dealkylation sites (tertiary alicyclic amines) is 1. The van der Waals surface area contributed by atoms with Crippen molar-refractivity contribution < 1.29 is 9.59 Å². The van der Waals surface area contributed by atoms with Crippen LogP contribution in [-0.4, -0.2) is 21.7 Å². The second-order valence-electron chi connectivity index (χ2n) is 6.11. The molecule has 0 N–H and O–H groups in total. The van der Waals surface area contributed by atoms with Crippen molar-refractivity contribution in [2.75, 3.05) is 0 Å². The Hall–Kier alpha value is -2.01. The monoisotopic (exact) mass is 372 g/mol. The molecule has 0 radical (unpaired) electrons. The Balaban J connectivity index is 1.81. The molecular formula is C18H17BrN2O2. The zero-order valence-corrected chi connectivity index (χ0v) is 14.4. The number of nitrogens with zero attached hydrogens (tertiary/aromatic N) is 2. The molecule has 1 aromatic carbocycles. The van der Waals surface area contributed by atoms with Crippen LogP contribution in [0.2, 0.25) is 0 Å². The predicted octanol–water partition coefficient (Wildman–Crippen LogP) is 3.35. The van der Waals surface area contributed by atoms with Gasteiger partial charge in [-0.05, 0) is 37.1 Å². The van der Waals surface area contributed by atoms with Crippen LogP contribution < -0.4 is 0 Å². The molecule has 0 saturated carbocycles. The first-order valence-electron chi connectivity index (χ1n) is 7.48. The van der Waals surface area contributed by atoms with E-state index in [0.717, 1.165) is 15.7 Å². The minimum absolute atomic E-state index is 0.121. The van der Waals surface area contributed by atoms with E-state index in [2.05, 4.69) is 20.9 Å². The SMILES string of the molecule is CC1(Cc2ccccc2Br)CC(=O)N(Cc2ccccn2)C1=O. The van der Waals surface area contributed by atoms with Crippen LogP contribution in [0.5, 0.6) is 0 Å². The second-order valence-corrected chi connectivity index (χ2v) is 6.97. The molecule has 4 nitrogen and oxygen atoms in total. The fourth-order valence-corrected chi connectivity index (χ4v) is 3.38. The minimum Gasteiger partial charge on any atom is -0.276 e. The molecule has 1 aromatic heterocycles. The van der Waals surface area contributed by atoms with Crippen molar-refractivity contribution in [3.8, 4) is 0 Å². The van der Waals surface area contributed by atoms with Gasteiger partial charge in [-0.3, -0.25) is 19.5 Å². The number of halogens is 1. The fraction of sp³-hybridized carbons (Fsp3) is 0.278. The molecule has 1 unspecified atom stereocenters. The Morgan fingerprint density at radius 2 is 1.91 bits per heavy atom. The van der Waals surface area contributed by atoms with Gasteiger partial charge in [0.15, 0.2) is 0 Å². The molecule has 2 aromatic rings. The lowest BCUT2D eigenvalue weighted by Gasteiger charge is -2.22. The van der Waals surface area contributed by atoms with Gasteiger partial charge in [-0.15, -0.1) is 0 Å². The zero-order chi connectivity index (χ0) is 16.4. The van der Waals surface area contributed by atoms with Crippen molar-refractivity contribution in [1.82, 2.24) is 9.88 Å². The molecular weight excluding hydrogens is 356 g/mol. The fourth-order valence-electron chi connectivity index (χ4n) is 2.96. The standard InChI is InChI=1S/C18H17BrN2O2/c1-18(10-13-6-2-3-8-15(13)19)11-16(22)21(17(18)23)12-14-7-4-5-9-20-14/h2-9H,10-12H2,1H3. The smallest absolute Gasteiger partial charge is 0.236 e. The molecule has 1 fully saturated rings. The molecule has 2 heterocycles. The highest BCUT2D eigenvalue weighted by atomic mass is 79.9. The maximum atomic E-state index is 12.8. The predicted molar refractivity (Wildman–Crippen MR) is 90.4 cm³/mol. The number of benzene rings is 1. The highest BCUT2D eigenvalue weighted by Gasteiger charge is 2.48. The van der Waals surface area contributed by atoms with Crippen molar-refractivity contribution >= 4 is 27.7 Å². The van der Waals surface area contributed by atoms with E-state index in [1.165, 1.54) is 4.90 Å². The van der Waals surface area contributed by atoms with Crippen molar-refractivity contribution in [1.29, 1.82) is 0 Å². The Bertz CT molecular complexity index is 748. The first-order chi connectivity index (χ1) is 11.0. The van der Waals surface area contributed by atoms with Crippen LogP contribution in [0.15, 0.2) is 53.1 Å². The molecule has 1 aliphatic heterocycles. The summed E-state index contributed by atoms with van der Waals surface area (Å²) in [7, 11) is 0. The van der Waals surface area contributed by atoms with Crippen LogP contribution in [0.1, 0.15) is 24.6 Å². The van der Waals surface area contributed by atoms with Crippen LogP contribution in [0.25, 0.3) is 0 Å². The summed E-state index contributed by atoms with van der Waals surface area (Å²) in [5.41, 5.74) is 1.06. The number of amides is 2. The molecule has 3 rings (SSSR count). The normalized spacial score (nSPS) is 21.0. The van der Waals surface area contributed by atoms with Crippen molar-refractivity contribution in [3.05, 3.63) is 64.4 Å². The first-order valence-corrected chi connectivity index (χ1v) is 8.27. The minimum atomic E-state index is -0.699. The summed E-state index contributed by atoms with van der Waals surface area (Å²) in [5.74, 6) is -0.251. The van der Waals surface area contributed by atoms with Gasteiger partial charge in [-0.25, -0.2) is 0 Å². The van der Waals surface area contributed by atoms with Gasteiger partial charge in [-0.1, -0.05) is 40.2 Å². The summed E-state index contributed by atoms with van der Waals surface area (Å²) in [4.78, 5) is 30.7. The molecule has 2 amide bonds. The third-order valence-electron chi connectivity index (χ3n) is 4.19. The van der Waals surface area contributed by atoms with E-state index < -0.39 is 5.41 Å². The molecule has 5 heteroatoms. The largest absolute Gasteiger partial charge is 0.276 e. The number of rotatable bonds is 4. The number of hydrogen-bond acceptors (Lipinski definition) is 3. The van der Waals surface area contributed by atoms with Crippen LogP contribution in [0.3, 0.4) is 0 Å². The maximum absolute atomic E-state index is 12.8. The molecule has 1 atom stereocenters. The average molecular weight is 373 g/mol. The summed E-state index contributed by atoms with van der Waals surface area (Å²) in [5, 5.41) is 0. The second kappa shape index (κ2) is 6.24. The van der Waals surface area contributed by atoms with Gasteiger partial charge in [0.05, 0.1) is 17.7 Å². The van der Waals surface area contributed by atoms with Crippen LogP contribution in [-0.2, 0) is 22.6 Å². The lowest BCUT2D eigenvalue weighted by molar-refractivity contribution is -0.141. The molecule has 1 aliphatic rings. The van der Waals surface area contributed by atoms with Gasteiger partial charge in [0.2, 0.25) is 11.8 Å². The summed E-state index contributed by atoms with van der Waals surface area (Å²) >= 11 is 3.51. The Kier molecular flexibility index (Phi) is 4.31. The van der Waals surface area contributed by atoms with Gasteiger partial charge in [0.25, 0.3) is 0 Å². The van der Waals surface area contributed by atoms with Crippen molar-refractivity contribution in [2.24, 2.45) is 5.41 Å². The molecule has 23 heavy (non-hydrogen) atoms. The van der Waals surface area contributed by atoms with Gasteiger partial charge < -0.3 is 0 Å². The van der Waals surface area contributed by atoms with Crippen molar-refractivity contribution in [2.45, 2.75) is 26.3 Å². The number of carbonyl (C=O) groups excluding carboxylic acids is 2. The van der Waals surface area contributed by atoms with Crippen molar-refractivity contribution in [3.63, 3.8) is 0 Å². The lowest BCUT2D eigenvalue weighted by atomic mass is 9.82. The highest BCUT2D eigenvalue weighted by molar-refractivity contribution is 9.10. The number of pyridine rings is 1. The Morgan fingerprint density at radius 1 is 1.17 bits per heavy atom. The first kappa shape index (κ1) is 15.9. The molecule has 1 saturated heterocycles. The summed E-state index contributed by atoms with van der Waals surface area (Å²) in [6, 6.07) is 13.3. The molecule has 0 bridgehead atoms. The quantitative estimate of drug-likeness (QED) is 0.773. The summed E-state index contributed by atoms with van der Waals surface area (Å²) in [6.45, 7) is 2.11. The number of carbonyl (C=O) groups is 2. The van der Waals surface area contributed by atoms with E-state index in [-0.39, 0.29) is 24.8 Å². The van der Waals surface area contributed by atoms with Gasteiger partial charge in [0.1, 0.15) is 0 Å². The van der Waals surface area contributed by atoms with Gasteiger partial charge in [0, 0.05) is 17.1 Å². The Morgan fingerprint density at radius 3 is 2.61 bits per heavy atom. The zero-order valence-electron chi connectivity index (χ0n) is 12.8. The van der Waals surface area contributed by atoms with Gasteiger partial charge >= 0.3 is 0 Å². The number of aromatic nitrogens is 1. The maximum Gasteiger partial charge on any atom is 0.236 e. The van der Waals surface area contributed by atoms with Crippen LogP contribution in [0.4, 0.5) is 0 Å². The highest BCUT2D eigenvalue weighted by Crippen LogP contribution is 2.38. The van der Waals surface area contributed by atoms with E-state index in [9.17, 15) is 9.59 Å². The Labute approximate surface area is 143 Å². The average Bonchev–Trinajstić information content (AvgIpc) is 2.74. The third-order valence-corrected chi connectivity index (χ3v) is 4.96. The lowest BCUT2D eigenvalue weighted by Crippen LogP contribution is -2.35. The van der Waals surface area contributed by atoms with Crippen LogP contribution >= 0.6 is 15.9 Å². The van der Waals surface area contributed by atoms with E-state index in [1.807, 2.05) is 49.4 Å². The van der Waals surface area contributed by atoms with E-state index in [0.29, 0.717) is 6.42 Å². The van der Waals surface area contributed by atoms with E-state index in [4.69, 9.17) is 0 Å². The van der Waals surface area contributed by atoms with E-state index in [1.54, 1.807) is 6.20 Å². The molecule has 0 aliphatic carbocycles. The summed E-state index contributed by atoms with van der Waals surface area (Å²) < 4.78 is 0.963. The number of imide groups is 1. The topological polar surface area (TPSA) is 50.3 Å². The third kappa shape index (κ3) is 3.20. The molecule has 0 spiro atoms. The molecule has 118 valence electrons. The number of hydrogen-bond donors (Lipinski definition) is 0.